The Morgan fingerprint density at radius 3 is 3.00 bits per heavy atom. The Kier molecular flexibility index (Phi) is 3.83. The third kappa shape index (κ3) is 2.52. The highest BCUT2D eigenvalue weighted by atomic mass is 79.9. The van der Waals surface area contributed by atoms with Crippen LogP contribution in [-0.4, -0.2) is 29.5 Å². The van der Waals surface area contributed by atoms with E-state index in [4.69, 9.17) is 0 Å². The number of pyridine rings is 1. The minimum Gasteiger partial charge on any atom is -0.298 e. The number of carbonyl (C=O) groups excluding carboxylic acids is 2. The van der Waals surface area contributed by atoms with Gasteiger partial charge in [-0.05, 0) is 33.7 Å². The van der Waals surface area contributed by atoms with Crippen molar-refractivity contribution in [3.05, 3.63) is 22.3 Å². The average Bonchev–Trinajstić information content (AvgIpc) is 2.70. The number of carbonyl (C=O) groups is 2. The van der Waals surface area contributed by atoms with Crippen LogP contribution in [0.15, 0.2) is 16.7 Å². The molecule has 1 amide bonds. The molecular formula is C11H11BrN2O2S. The Bertz CT molecular complexity index is 467. The zero-order valence-corrected chi connectivity index (χ0v) is 11.4. The van der Waals surface area contributed by atoms with Crippen molar-refractivity contribution in [2.24, 2.45) is 5.92 Å². The summed E-state index contributed by atoms with van der Waals surface area (Å²) in [5, 5.41) is 0. The van der Waals surface area contributed by atoms with E-state index in [0.717, 1.165) is 4.47 Å². The predicted molar refractivity (Wildman–Crippen MR) is 71.6 cm³/mol. The van der Waals surface area contributed by atoms with Crippen LogP contribution in [0, 0.1) is 5.92 Å². The number of hydrogen-bond donors (Lipinski definition) is 1. The molecule has 17 heavy (non-hydrogen) atoms. The highest BCUT2D eigenvalue weighted by Crippen LogP contribution is 2.27. The van der Waals surface area contributed by atoms with Gasteiger partial charge in [-0.2, -0.15) is 12.6 Å². The van der Waals surface area contributed by atoms with Gasteiger partial charge in [0.1, 0.15) is 5.82 Å². The van der Waals surface area contributed by atoms with E-state index in [1.807, 2.05) is 0 Å². The van der Waals surface area contributed by atoms with Crippen molar-refractivity contribution in [3.8, 4) is 0 Å². The summed E-state index contributed by atoms with van der Waals surface area (Å²) in [5.41, 5.74) is 0.424. The summed E-state index contributed by atoms with van der Waals surface area (Å²) >= 11 is 7.45. The van der Waals surface area contributed by atoms with Gasteiger partial charge in [-0.15, -0.1) is 0 Å². The summed E-state index contributed by atoms with van der Waals surface area (Å²) in [6.07, 6.45) is 2.78. The fourth-order valence-corrected chi connectivity index (χ4v) is 2.46. The van der Waals surface area contributed by atoms with Crippen LogP contribution in [0.5, 0.6) is 0 Å². The van der Waals surface area contributed by atoms with E-state index in [-0.39, 0.29) is 11.8 Å². The van der Waals surface area contributed by atoms with E-state index in [1.54, 1.807) is 17.2 Å². The van der Waals surface area contributed by atoms with Crippen molar-refractivity contribution in [2.75, 3.05) is 17.2 Å². The van der Waals surface area contributed by atoms with E-state index in [2.05, 4.69) is 33.5 Å². The molecule has 2 rings (SSSR count). The van der Waals surface area contributed by atoms with Crippen molar-refractivity contribution >= 4 is 46.6 Å². The Labute approximate surface area is 113 Å². The van der Waals surface area contributed by atoms with Crippen LogP contribution in [0.2, 0.25) is 0 Å². The van der Waals surface area contributed by atoms with Crippen molar-refractivity contribution < 1.29 is 9.59 Å². The van der Waals surface area contributed by atoms with Gasteiger partial charge in [-0.25, -0.2) is 4.98 Å². The second kappa shape index (κ2) is 5.18. The molecule has 0 aliphatic carbocycles. The van der Waals surface area contributed by atoms with Crippen LogP contribution in [-0.2, 0) is 4.79 Å². The maximum Gasteiger partial charge on any atom is 0.228 e. The van der Waals surface area contributed by atoms with Crippen molar-refractivity contribution in [3.63, 3.8) is 0 Å². The highest BCUT2D eigenvalue weighted by molar-refractivity contribution is 9.10. The third-order valence-electron chi connectivity index (χ3n) is 2.71. The van der Waals surface area contributed by atoms with Crippen molar-refractivity contribution in [1.29, 1.82) is 0 Å². The number of aldehydes is 1. The molecule has 0 spiro atoms. The van der Waals surface area contributed by atoms with Crippen LogP contribution >= 0.6 is 28.6 Å². The number of rotatable bonds is 3. The normalized spacial score (nSPS) is 19.8. The van der Waals surface area contributed by atoms with Gasteiger partial charge >= 0.3 is 0 Å². The molecule has 1 aromatic rings. The molecule has 0 N–H and O–H groups in total. The molecule has 1 atom stereocenters. The SMILES string of the molecule is O=Cc1cc(Br)cnc1N1CC(CS)CC1=O. The minimum atomic E-state index is 0.00183. The molecule has 1 fully saturated rings. The lowest BCUT2D eigenvalue weighted by Crippen LogP contribution is -2.26. The molecule has 0 aromatic carbocycles. The second-order valence-electron chi connectivity index (χ2n) is 3.94. The molecule has 90 valence electrons. The molecular weight excluding hydrogens is 304 g/mol. The molecule has 2 heterocycles. The Morgan fingerprint density at radius 2 is 2.41 bits per heavy atom. The molecule has 1 saturated heterocycles. The molecule has 0 bridgehead atoms. The number of aromatic nitrogens is 1. The number of amides is 1. The quantitative estimate of drug-likeness (QED) is 0.685. The van der Waals surface area contributed by atoms with Gasteiger partial charge in [-0.3, -0.25) is 14.5 Å². The summed E-state index contributed by atoms with van der Waals surface area (Å²) in [4.78, 5) is 28.5. The molecule has 1 aromatic heterocycles. The Balaban J connectivity index is 2.34. The lowest BCUT2D eigenvalue weighted by atomic mass is 10.1. The summed E-state index contributed by atoms with van der Waals surface area (Å²) in [5.74, 6) is 1.34. The number of halogens is 1. The molecule has 1 aliphatic rings. The van der Waals surface area contributed by atoms with Gasteiger partial charge in [-0.1, -0.05) is 0 Å². The smallest absolute Gasteiger partial charge is 0.228 e. The maximum atomic E-state index is 11.8. The predicted octanol–water partition coefficient (Wildman–Crippen LogP) is 1.94. The monoisotopic (exact) mass is 314 g/mol. The van der Waals surface area contributed by atoms with Crippen LogP contribution in [0.3, 0.4) is 0 Å². The summed E-state index contributed by atoms with van der Waals surface area (Å²) in [6, 6.07) is 1.66. The van der Waals surface area contributed by atoms with E-state index < -0.39 is 0 Å². The van der Waals surface area contributed by atoms with E-state index in [1.165, 1.54) is 0 Å². The van der Waals surface area contributed by atoms with Crippen LogP contribution in [0.25, 0.3) is 0 Å². The standard InChI is InChI=1S/C11H11BrN2O2S/c12-9-2-8(5-15)11(13-3-9)14-4-7(6-17)1-10(14)16/h2-3,5,7,17H,1,4,6H2. The number of nitrogens with zero attached hydrogens (tertiary/aromatic N) is 2. The topological polar surface area (TPSA) is 50.3 Å². The van der Waals surface area contributed by atoms with Crippen LogP contribution in [0.4, 0.5) is 5.82 Å². The first-order valence-corrected chi connectivity index (χ1v) is 6.60. The molecule has 6 heteroatoms. The molecule has 1 aliphatic heterocycles. The summed E-state index contributed by atoms with van der Waals surface area (Å²) in [6.45, 7) is 0.581. The van der Waals surface area contributed by atoms with E-state index in [9.17, 15) is 9.59 Å². The van der Waals surface area contributed by atoms with Gasteiger partial charge < -0.3 is 0 Å². The first kappa shape index (κ1) is 12.6. The molecule has 1 unspecified atom stereocenters. The first-order chi connectivity index (χ1) is 8.15. The zero-order chi connectivity index (χ0) is 12.4. The maximum absolute atomic E-state index is 11.8. The third-order valence-corrected chi connectivity index (χ3v) is 3.66. The molecule has 0 radical (unpaired) electrons. The highest BCUT2D eigenvalue weighted by Gasteiger charge is 2.31. The van der Waals surface area contributed by atoms with Gasteiger partial charge in [0, 0.05) is 23.6 Å². The average molecular weight is 315 g/mol. The van der Waals surface area contributed by atoms with Crippen molar-refractivity contribution in [2.45, 2.75) is 6.42 Å². The Hall–Kier alpha value is -0.880. The van der Waals surface area contributed by atoms with Gasteiger partial charge in [0.25, 0.3) is 0 Å². The fourth-order valence-electron chi connectivity index (χ4n) is 1.87. The lowest BCUT2D eigenvalue weighted by molar-refractivity contribution is -0.117. The summed E-state index contributed by atoms with van der Waals surface area (Å²) < 4.78 is 0.723. The van der Waals surface area contributed by atoms with Crippen LogP contribution in [0.1, 0.15) is 16.8 Å². The first-order valence-electron chi connectivity index (χ1n) is 5.17. The largest absolute Gasteiger partial charge is 0.298 e. The van der Waals surface area contributed by atoms with Crippen molar-refractivity contribution in [1.82, 2.24) is 4.98 Å². The zero-order valence-electron chi connectivity index (χ0n) is 8.97. The van der Waals surface area contributed by atoms with Crippen LogP contribution < -0.4 is 4.90 Å². The second-order valence-corrected chi connectivity index (χ2v) is 5.22. The number of hydrogen-bond acceptors (Lipinski definition) is 4. The molecule has 4 nitrogen and oxygen atoms in total. The van der Waals surface area contributed by atoms with Gasteiger partial charge in [0.15, 0.2) is 6.29 Å². The van der Waals surface area contributed by atoms with E-state index >= 15 is 0 Å². The minimum absolute atomic E-state index is 0.00183. The number of thiol groups is 1. The van der Waals surface area contributed by atoms with Gasteiger partial charge in [0.2, 0.25) is 5.91 Å². The van der Waals surface area contributed by atoms with Gasteiger partial charge in [0.05, 0.1) is 5.56 Å². The molecule has 0 saturated carbocycles. The lowest BCUT2D eigenvalue weighted by Gasteiger charge is -2.17. The summed E-state index contributed by atoms with van der Waals surface area (Å²) in [7, 11) is 0. The fraction of sp³-hybridized carbons (Fsp3) is 0.364. The number of anilines is 1. The van der Waals surface area contributed by atoms with E-state index in [0.29, 0.717) is 36.4 Å². The Morgan fingerprint density at radius 1 is 1.65 bits per heavy atom.